The van der Waals surface area contributed by atoms with E-state index in [1.807, 2.05) is 12.3 Å². The van der Waals surface area contributed by atoms with Gasteiger partial charge in [-0.25, -0.2) is 4.40 Å². The molecule has 0 radical (unpaired) electrons. The molecule has 0 N–H and O–H groups in total. The summed E-state index contributed by atoms with van der Waals surface area (Å²) in [6.07, 6.45) is 5.91. The van der Waals surface area contributed by atoms with Crippen molar-refractivity contribution in [2.45, 2.75) is 5.75 Å². The summed E-state index contributed by atoms with van der Waals surface area (Å²) in [6.45, 7) is 0. The average molecular weight is 175 g/mol. The normalized spacial score (nSPS) is 15.0. The van der Waals surface area contributed by atoms with Crippen molar-refractivity contribution in [1.82, 2.24) is 0 Å². The second kappa shape index (κ2) is 3.59. The number of fused-ring (bicyclic) bond motifs is 1. The Morgan fingerprint density at radius 1 is 1.25 bits per heavy atom. The van der Waals surface area contributed by atoms with Gasteiger partial charge in [-0.1, -0.05) is 30.3 Å². The molecule has 12 heavy (non-hydrogen) atoms. The van der Waals surface area contributed by atoms with Gasteiger partial charge in [-0.15, -0.1) is 0 Å². The zero-order valence-corrected chi connectivity index (χ0v) is 7.42. The molecule has 0 amide bonds. The molecular weight excluding hydrogens is 166 g/mol. The summed E-state index contributed by atoms with van der Waals surface area (Å²) >= 11 is 1.59. The topological polar surface area (TPSA) is 12.4 Å². The van der Waals surface area contributed by atoms with Crippen molar-refractivity contribution in [1.29, 1.82) is 0 Å². The first-order valence-electron chi connectivity index (χ1n) is 3.87. The minimum atomic E-state index is 0.969. The first-order chi connectivity index (χ1) is 5.97. The second-order valence-electron chi connectivity index (χ2n) is 2.59. The highest BCUT2D eigenvalue weighted by molar-refractivity contribution is 7.97. The maximum atomic E-state index is 4.13. The van der Waals surface area contributed by atoms with Crippen molar-refractivity contribution in [3.05, 3.63) is 41.5 Å². The van der Waals surface area contributed by atoms with Crippen molar-refractivity contribution in [3.8, 4) is 0 Å². The Balaban J connectivity index is 2.43. The third kappa shape index (κ3) is 1.59. The zero-order valence-electron chi connectivity index (χ0n) is 6.60. The third-order valence-electron chi connectivity index (χ3n) is 1.77. The van der Waals surface area contributed by atoms with Crippen molar-refractivity contribution >= 4 is 24.2 Å². The van der Waals surface area contributed by atoms with E-state index in [2.05, 4.69) is 34.7 Å². The van der Waals surface area contributed by atoms with Crippen LogP contribution in [0.15, 0.2) is 34.7 Å². The molecule has 0 saturated heterocycles. The minimum Gasteiger partial charge on any atom is -0.224 e. The number of benzene rings is 1. The van der Waals surface area contributed by atoms with Crippen LogP contribution in [0.4, 0.5) is 0 Å². The average Bonchev–Trinajstić information content (AvgIpc) is 2.06. The molecule has 0 spiro atoms. The molecule has 0 fully saturated rings. The van der Waals surface area contributed by atoms with Crippen molar-refractivity contribution in [3.63, 3.8) is 0 Å². The van der Waals surface area contributed by atoms with E-state index in [1.165, 1.54) is 11.1 Å². The number of hydrogen-bond donors (Lipinski definition) is 0. The summed E-state index contributed by atoms with van der Waals surface area (Å²) in [4.78, 5) is 0. The van der Waals surface area contributed by atoms with Gasteiger partial charge in [-0.05, 0) is 29.2 Å². The predicted molar refractivity (Wildman–Crippen MR) is 55.3 cm³/mol. The zero-order chi connectivity index (χ0) is 8.23. The van der Waals surface area contributed by atoms with E-state index >= 15 is 0 Å². The van der Waals surface area contributed by atoms with Gasteiger partial charge in [-0.3, -0.25) is 0 Å². The van der Waals surface area contributed by atoms with Crippen LogP contribution < -0.4 is 0 Å². The summed E-state index contributed by atoms with van der Waals surface area (Å²) in [7, 11) is 0. The van der Waals surface area contributed by atoms with Crippen LogP contribution in [0.2, 0.25) is 0 Å². The second-order valence-corrected chi connectivity index (χ2v) is 3.34. The fraction of sp³-hybridized carbons (Fsp3) is 0.100. The lowest BCUT2D eigenvalue weighted by Crippen LogP contribution is -1.86. The molecule has 0 bridgehead atoms. The van der Waals surface area contributed by atoms with E-state index < -0.39 is 0 Å². The maximum absolute atomic E-state index is 4.13. The smallest absolute Gasteiger partial charge is 0.0410 e. The van der Waals surface area contributed by atoms with Gasteiger partial charge in [0.15, 0.2) is 0 Å². The molecule has 2 rings (SSSR count). The number of nitrogens with zero attached hydrogens (tertiary/aromatic N) is 1. The summed E-state index contributed by atoms with van der Waals surface area (Å²) < 4.78 is 4.13. The first kappa shape index (κ1) is 7.62. The maximum Gasteiger partial charge on any atom is 0.0410 e. The predicted octanol–water partition coefficient (Wildman–Crippen LogP) is 2.93. The van der Waals surface area contributed by atoms with E-state index in [-0.39, 0.29) is 0 Å². The largest absolute Gasteiger partial charge is 0.224 e. The quantitative estimate of drug-likeness (QED) is 0.552. The van der Waals surface area contributed by atoms with Crippen LogP contribution in [0.1, 0.15) is 11.1 Å². The third-order valence-corrected chi connectivity index (χ3v) is 2.48. The molecule has 1 heterocycles. The highest BCUT2D eigenvalue weighted by Gasteiger charge is 1.98. The molecular formula is C10H9NS. The first-order valence-corrected chi connectivity index (χ1v) is 4.81. The van der Waals surface area contributed by atoms with Gasteiger partial charge in [-0.2, -0.15) is 0 Å². The Labute approximate surface area is 76.3 Å². The Morgan fingerprint density at radius 3 is 3.17 bits per heavy atom. The number of allylic oxidation sites excluding steroid dienone is 1. The summed E-state index contributed by atoms with van der Waals surface area (Å²) in [6, 6.07) is 8.41. The lowest BCUT2D eigenvalue weighted by molar-refractivity contribution is 1.39. The molecule has 2 heteroatoms. The van der Waals surface area contributed by atoms with Crippen molar-refractivity contribution in [2.24, 2.45) is 4.40 Å². The van der Waals surface area contributed by atoms with Gasteiger partial charge in [0.1, 0.15) is 0 Å². The van der Waals surface area contributed by atoms with E-state index in [0.29, 0.717) is 0 Å². The standard InChI is InChI=1S/C10H9NS/c1-2-5-10-8-12-11-7-3-6-9(10)4-1/h1-7H,8H2. The Bertz CT molecular complexity index is 328. The number of hydrogen-bond acceptors (Lipinski definition) is 2. The Kier molecular flexibility index (Phi) is 2.28. The molecule has 1 aliphatic rings. The molecule has 60 valence electrons. The van der Waals surface area contributed by atoms with Crippen LogP contribution >= 0.6 is 11.9 Å². The SMILES string of the molecule is C1=Cc2ccccc2CSN=C1. The molecule has 1 aromatic carbocycles. The highest BCUT2D eigenvalue weighted by Crippen LogP contribution is 2.19. The lowest BCUT2D eigenvalue weighted by atomic mass is 10.1. The van der Waals surface area contributed by atoms with Crippen LogP contribution in [-0.4, -0.2) is 6.21 Å². The fourth-order valence-corrected chi connectivity index (χ4v) is 1.79. The van der Waals surface area contributed by atoms with Crippen LogP contribution in [0, 0.1) is 0 Å². The van der Waals surface area contributed by atoms with E-state index in [9.17, 15) is 0 Å². The van der Waals surface area contributed by atoms with Gasteiger partial charge in [0.05, 0.1) is 0 Å². The molecule has 1 aromatic rings. The van der Waals surface area contributed by atoms with Gasteiger partial charge >= 0.3 is 0 Å². The van der Waals surface area contributed by atoms with Crippen LogP contribution in [0.25, 0.3) is 6.08 Å². The van der Waals surface area contributed by atoms with Crippen molar-refractivity contribution < 1.29 is 0 Å². The molecule has 1 aliphatic heterocycles. The lowest BCUT2D eigenvalue weighted by Gasteiger charge is -2.04. The molecule has 0 saturated carbocycles. The molecule has 0 aliphatic carbocycles. The highest BCUT2D eigenvalue weighted by atomic mass is 32.2. The molecule has 0 unspecified atom stereocenters. The van der Waals surface area contributed by atoms with E-state index in [0.717, 1.165) is 5.75 Å². The van der Waals surface area contributed by atoms with E-state index in [1.54, 1.807) is 11.9 Å². The summed E-state index contributed by atoms with van der Waals surface area (Å²) in [5.74, 6) is 0.969. The van der Waals surface area contributed by atoms with E-state index in [4.69, 9.17) is 0 Å². The minimum absolute atomic E-state index is 0.969. The van der Waals surface area contributed by atoms with Gasteiger partial charge < -0.3 is 0 Å². The molecule has 1 nitrogen and oxygen atoms in total. The van der Waals surface area contributed by atoms with Crippen LogP contribution in [-0.2, 0) is 5.75 Å². The Hall–Kier alpha value is -1.02. The van der Waals surface area contributed by atoms with Crippen LogP contribution in [0.5, 0.6) is 0 Å². The van der Waals surface area contributed by atoms with Gasteiger partial charge in [0, 0.05) is 12.0 Å². The van der Waals surface area contributed by atoms with Gasteiger partial charge in [0.2, 0.25) is 0 Å². The summed E-state index contributed by atoms with van der Waals surface area (Å²) in [5.41, 5.74) is 2.66. The van der Waals surface area contributed by atoms with Gasteiger partial charge in [0.25, 0.3) is 0 Å². The number of rotatable bonds is 0. The van der Waals surface area contributed by atoms with Crippen LogP contribution in [0.3, 0.4) is 0 Å². The van der Waals surface area contributed by atoms with Crippen molar-refractivity contribution in [2.75, 3.05) is 0 Å². The Morgan fingerprint density at radius 2 is 2.17 bits per heavy atom. The monoisotopic (exact) mass is 175 g/mol. The fourth-order valence-electron chi connectivity index (χ4n) is 1.16. The molecule has 0 aromatic heterocycles. The summed E-state index contributed by atoms with van der Waals surface area (Å²) in [5, 5.41) is 0. The molecule has 0 atom stereocenters.